The zero-order chi connectivity index (χ0) is 10.8. The van der Waals surface area contributed by atoms with Gasteiger partial charge in [0.05, 0.1) is 11.9 Å². The second-order valence-electron chi connectivity index (χ2n) is 3.24. The van der Waals surface area contributed by atoms with Crippen LogP contribution in [0.25, 0.3) is 0 Å². The van der Waals surface area contributed by atoms with Crippen LogP contribution >= 0.6 is 15.9 Å². The van der Waals surface area contributed by atoms with Gasteiger partial charge in [0.1, 0.15) is 6.10 Å². The van der Waals surface area contributed by atoms with E-state index in [1.165, 1.54) is 0 Å². The molecule has 1 atom stereocenters. The van der Waals surface area contributed by atoms with Gasteiger partial charge in [0.15, 0.2) is 0 Å². The van der Waals surface area contributed by atoms with Crippen LogP contribution in [0.3, 0.4) is 0 Å². The molecule has 2 rings (SSSR count). The molecule has 5 heteroatoms. The molecule has 0 radical (unpaired) electrons. The van der Waals surface area contributed by atoms with E-state index in [4.69, 9.17) is 0 Å². The summed E-state index contributed by atoms with van der Waals surface area (Å²) in [4.78, 5) is 0. The minimum atomic E-state index is -0.682. The van der Waals surface area contributed by atoms with E-state index in [1.807, 2.05) is 24.3 Å². The lowest BCUT2D eigenvalue weighted by Gasteiger charge is -2.10. The van der Waals surface area contributed by atoms with Crippen molar-refractivity contribution < 1.29 is 5.11 Å². The second kappa shape index (κ2) is 4.12. The molecule has 0 aliphatic carbocycles. The first-order chi connectivity index (χ1) is 7.18. The van der Waals surface area contributed by atoms with E-state index in [2.05, 4.69) is 26.2 Å². The summed E-state index contributed by atoms with van der Waals surface area (Å²) in [6, 6.07) is 7.51. The first kappa shape index (κ1) is 10.3. The van der Waals surface area contributed by atoms with Gasteiger partial charge in [-0.1, -0.05) is 33.3 Å². The molecule has 1 N–H and O–H groups in total. The Kier molecular flexibility index (Phi) is 2.83. The summed E-state index contributed by atoms with van der Waals surface area (Å²) in [5.41, 5.74) is 1.50. The molecule has 1 heterocycles. The van der Waals surface area contributed by atoms with Crippen molar-refractivity contribution in [3.63, 3.8) is 0 Å². The van der Waals surface area contributed by atoms with Gasteiger partial charge in [-0.15, -0.1) is 5.10 Å². The monoisotopic (exact) mass is 267 g/mol. The molecule has 0 spiro atoms. The van der Waals surface area contributed by atoms with Crippen molar-refractivity contribution >= 4 is 15.9 Å². The Balaban J connectivity index is 2.32. The molecule has 0 amide bonds. The minimum Gasteiger partial charge on any atom is -0.382 e. The fraction of sp³-hybridized carbons (Fsp3) is 0.200. The maximum Gasteiger partial charge on any atom is 0.122 e. The number of aromatic nitrogens is 3. The van der Waals surface area contributed by atoms with Crippen LogP contribution in [0, 0.1) is 0 Å². The molecule has 0 bridgehead atoms. The van der Waals surface area contributed by atoms with Crippen LogP contribution in [0.15, 0.2) is 34.9 Å². The van der Waals surface area contributed by atoms with Gasteiger partial charge in [0.2, 0.25) is 0 Å². The Labute approximate surface area is 95.7 Å². The topological polar surface area (TPSA) is 50.9 Å². The van der Waals surface area contributed by atoms with Gasteiger partial charge in [0, 0.05) is 11.5 Å². The number of aliphatic hydroxyl groups is 1. The predicted molar refractivity (Wildman–Crippen MR) is 59.2 cm³/mol. The van der Waals surface area contributed by atoms with Gasteiger partial charge in [0.25, 0.3) is 0 Å². The van der Waals surface area contributed by atoms with Crippen molar-refractivity contribution in [3.05, 3.63) is 46.2 Å². The Bertz CT molecular complexity index is 452. The molecule has 0 aliphatic rings. The summed E-state index contributed by atoms with van der Waals surface area (Å²) in [6.45, 7) is 0. The van der Waals surface area contributed by atoms with Crippen molar-refractivity contribution in [2.45, 2.75) is 6.10 Å². The normalized spacial score (nSPS) is 12.7. The van der Waals surface area contributed by atoms with Gasteiger partial charge >= 0.3 is 0 Å². The Morgan fingerprint density at radius 2 is 2.00 bits per heavy atom. The standard InChI is InChI=1S/C10H10BrN3O/c1-14-9(6-12-13-14)10(15)7-2-4-8(11)5-3-7/h2-6,10,15H,1H3. The number of aryl methyl sites for hydroxylation is 1. The summed E-state index contributed by atoms with van der Waals surface area (Å²) >= 11 is 3.35. The third kappa shape index (κ3) is 2.08. The fourth-order valence-electron chi connectivity index (χ4n) is 1.36. The molecular formula is C10H10BrN3O. The van der Waals surface area contributed by atoms with E-state index in [0.29, 0.717) is 5.69 Å². The zero-order valence-electron chi connectivity index (χ0n) is 8.13. The molecule has 0 saturated heterocycles. The molecular weight excluding hydrogens is 258 g/mol. The summed E-state index contributed by atoms with van der Waals surface area (Å²) in [5.74, 6) is 0. The number of benzene rings is 1. The number of hydrogen-bond donors (Lipinski definition) is 1. The van der Waals surface area contributed by atoms with Crippen LogP contribution in [0.4, 0.5) is 0 Å². The Morgan fingerprint density at radius 3 is 2.53 bits per heavy atom. The number of aliphatic hydroxyl groups excluding tert-OH is 1. The van der Waals surface area contributed by atoms with Crippen molar-refractivity contribution in [1.82, 2.24) is 15.0 Å². The SMILES string of the molecule is Cn1nncc1C(O)c1ccc(Br)cc1. The van der Waals surface area contributed by atoms with Crippen LogP contribution < -0.4 is 0 Å². The highest BCUT2D eigenvalue weighted by Crippen LogP contribution is 2.21. The lowest BCUT2D eigenvalue weighted by molar-refractivity contribution is 0.209. The highest BCUT2D eigenvalue weighted by molar-refractivity contribution is 9.10. The van der Waals surface area contributed by atoms with Crippen molar-refractivity contribution in [3.8, 4) is 0 Å². The van der Waals surface area contributed by atoms with E-state index < -0.39 is 6.10 Å². The molecule has 78 valence electrons. The summed E-state index contributed by atoms with van der Waals surface area (Å²) in [7, 11) is 1.75. The van der Waals surface area contributed by atoms with Crippen LogP contribution in [0.2, 0.25) is 0 Å². The summed E-state index contributed by atoms with van der Waals surface area (Å²) in [5, 5.41) is 17.5. The minimum absolute atomic E-state index is 0.678. The molecule has 0 aliphatic heterocycles. The molecule has 15 heavy (non-hydrogen) atoms. The number of halogens is 1. The average Bonchev–Trinajstić information content (AvgIpc) is 2.65. The maximum atomic E-state index is 10.0. The average molecular weight is 268 g/mol. The van der Waals surface area contributed by atoms with E-state index in [1.54, 1.807) is 17.9 Å². The van der Waals surface area contributed by atoms with Gasteiger partial charge in [-0.25, -0.2) is 4.68 Å². The molecule has 1 unspecified atom stereocenters. The largest absolute Gasteiger partial charge is 0.382 e. The van der Waals surface area contributed by atoms with Crippen LogP contribution in [-0.2, 0) is 7.05 Å². The molecule has 4 nitrogen and oxygen atoms in total. The number of rotatable bonds is 2. The van der Waals surface area contributed by atoms with Gasteiger partial charge in [-0.3, -0.25) is 0 Å². The van der Waals surface area contributed by atoms with Gasteiger partial charge in [-0.2, -0.15) is 0 Å². The molecule has 1 aromatic heterocycles. The van der Waals surface area contributed by atoms with E-state index in [9.17, 15) is 5.11 Å². The molecule has 2 aromatic rings. The van der Waals surface area contributed by atoms with Crippen molar-refractivity contribution in [1.29, 1.82) is 0 Å². The van der Waals surface area contributed by atoms with Gasteiger partial charge < -0.3 is 5.11 Å². The maximum absolute atomic E-state index is 10.0. The van der Waals surface area contributed by atoms with Crippen LogP contribution in [-0.4, -0.2) is 20.1 Å². The summed E-state index contributed by atoms with van der Waals surface area (Å²) < 4.78 is 2.55. The van der Waals surface area contributed by atoms with Crippen LogP contribution in [0.1, 0.15) is 17.4 Å². The van der Waals surface area contributed by atoms with E-state index in [-0.39, 0.29) is 0 Å². The third-order valence-corrected chi connectivity index (χ3v) is 2.74. The lowest BCUT2D eigenvalue weighted by Crippen LogP contribution is -2.06. The van der Waals surface area contributed by atoms with E-state index in [0.717, 1.165) is 10.0 Å². The third-order valence-electron chi connectivity index (χ3n) is 2.22. The first-order valence-corrected chi connectivity index (χ1v) is 5.26. The number of hydrogen-bond acceptors (Lipinski definition) is 3. The molecule has 1 aromatic carbocycles. The highest BCUT2D eigenvalue weighted by Gasteiger charge is 2.14. The predicted octanol–water partition coefficient (Wildman–Crippen LogP) is 1.66. The quantitative estimate of drug-likeness (QED) is 0.901. The summed E-state index contributed by atoms with van der Waals surface area (Å²) in [6.07, 6.45) is 0.880. The van der Waals surface area contributed by atoms with Crippen LogP contribution in [0.5, 0.6) is 0 Å². The van der Waals surface area contributed by atoms with Crippen molar-refractivity contribution in [2.24, 2.45) is 7.05 Å². The fourth-order valence-corrected chi connectivity index (χ4v) is 1.63. The van der Waals surface area contributed by atoms with Crippen molar-refractivity contribution in [2.75, 3.05) is 0 Å². The second-order valence-corrected chi connectivity index (χ2v) is 4.15. The molecule has 0 saturated carbocycles. The number of nitrogens with zero attached hydrogens (tertiary/aromatic N) is 3. The first-order valence-electron chi connectivity index (χ1n) is 4.46. The van der Waals surface area contributed by atoms with Gasteiger partial charge in [-0.05, 0) is 17.7 Å². The molecule has 0 fully saturated rings. The highest BCUT2D eigenvalue weighted by atomic mass is 79.9. The van der Waals surface area contributed by atoms with E-state index >= 15 is 0 Å². The lowest BCUT2D eigenvalue weighted by atomic mass is 10.1. The smallest absolute Gasteiger partial charge is 0.122 e. The zero-order valence-corrected chi connectivity index (χ0v) is 9.72. The Hall–Kier alpha value is -1.20. The Morgan fingerprint density at radius 1 is 1.33 bits per heavy atom.